The van der Waals surface area contributed by atoms with E-state index in [2.05, 4.69) is 25.4 Å². The van der Waals surface area contributed by atoms with Crippen molar-refractivity contribution in [1.29, 1.82) is 0 Å². The van der Waals surface area contributed by atoms with Gasteiger partial charge in [0.25, 0.3) is 11.9 Å². The van der Waals surface area contributed by atoms with Gasteiger partial charge in [-0.25, -0.2) is 15.0 Å². The quantitative estimate of drug-likeness (QED) is 0.316. The number of alkyl halides is 6. The summed E-state index contributed by atoms with van der Waals surface area (Å²) in [4.78, 5) is 25.3. The first-order valence-corrected chi connectivity index (χ1v) is 10.9. The minimum Gasteiger partial charge on any atom is -0.346 e. The molecular formula is C22H22F6N6O3. The highest BCUT2D eigenvalue weighted by Crippen LogP contribution is 2.36. The lowest BCUT2D eigenvalue weighted by Gasteiger charge is -2.16. The van der Waals surface area contributed by atoms with Gasteiger partial charge < -0.3 is 14.8 Å². The summed E-state index contributed by atoms with van der Waals surface area (Å²) in [5, 5.41) is 6.66. The van der Waals surface area contributed by atoms with Crippen molar-refractivity contribution in [2.75, 3.05) is 13.2 Å². The normalized spacial score (nSPS) is 13.1. The van der Waals surface area contributed by atoms with Gasteiger partial charge in [-0.2, -0.15) is 31.0 Å². The molecule has 0 radical (unpaired) electrons. The summed E-state index contributed by atoms with van der Waals surface area (Å²) in [6.45, 7) is 5.36. The molecule has 0 aliphatic carbocycles. The highest BCUT2D eigenvalue weighted by Gasteiger charge is 2.37. The van der Waals surface area contributed by atoms with Crippen LogP contribution in [-0.4, -0.2) is 43.9 Å². The van der Waals surface area contributed by atoms with E-state index < -0.39 is 47.3 Å². The van der Waals surface area contributed by atoms with Crippen LogP contribution in [0.25, 0.3) is 5.95 Å². The summed E-state index contributed by atoms with van der Waals surface area (Å²) in [6.07, 6.45) is -8.36. The maximum atomic E-state index is 13.2. The highest BCUT2D eigenvalue weighted by atomic mass is 19.4. The van der Waals surface area contributed by atoms with E-state index in [0.717, 1.165) is 0 Å². The molecule has 1 unspecified atom stereocenters. The number of hydrogen-bond acceptors (Lipinski definition) is 7. The third-order valence-corrected chi connectivity index (χ3v) is 4.82. The van der Waals surface area contributed by atoms with E-state index in [-0.39, 0.29) is 36.9 Å². The summed E-state index contributed by atoms with van der Waals surface area (Å²) < 4.78 is 91.4. The molecule has 0 saturated heterocycles. The molecule has 0 saturated carbocycles. The number of carbonyl (C=O) groups is 1. The van der Waals surface area contributed by atoms with Crippen molar-refractivity contribution in [1.82, 2.24) is 30.0 Å². The number of ether oxygens (including phenoxy) is 2. The van der Waals surface area contributed by atoms with Crippen LogP contribution in [0.5, 0.6) is 0 Å². The number of nitrogens with zero attached hydrogens (tertiary/aromatic N) is 5. The minimum atomic E-state index is -5.10. The first-order chi connectivity index (χ1) is 17.3. The molecule has 9 nitrogen and oxygen atoms in total. The molecule has 0 spiro atoms. The zero-order valence-corrected chi connectivity index (χ0v) is 19.8. The zero-order valence-electron chi connectivity index (χ0n) is 19.8. The van der Waals surface area contributed by atoms with Gasteiger partial charge in [-0.15, -0.1) is 5.10 Å². The summed E-state index contributed by atoms with van der Waals surface area (Å²) in [6, 6.07) is 1.10. The van der Waals surface area contributed by atoms with Crippen LogP contribution < -0.4 is 5.32 Å². The van der Waals surface area contributed by atoms with Crippen molar-refractivity contribution in [3.05, 3.63) is 65.0 Å². The fourth-order valence-corrected chi connectivity index (χ4v) is 3.20. The molecule has 1 amide bonds. The van der Waals surface area contributed by atoms with E-state index in [0.29, 0.717) is 12.1 Å². The van der Waals surface area contributed by atoms with E-state index >= 15 is 0 Å². The van der Waals surface area contributed by atoms with Crippen molar-refractivity contribution in [3.8, 4) is 5.95 Å². The third kappa shape index (κ3) is 6.80. The second-order valence-corrected chi connectivity index (χ2v) is 7.52. The van der Waals surface area contributed by atoms with Gasteiger partial charge in [-0.3, -0.25) is 4.79 Å². The maximum absolute atomic E-state index is 13.2. The molecule has 0 aliphatic rings. The minimum absolute atomic E-state index is 0.0296. The molecule has 1 aromatic carbocycles. The number of amides is 1. The van der Waals surface area contributed by atoms with Crippen LogP contribution in [0.2, 0.25) is 0 Å². The van der Waals surface area contributed by atoms with E-state index in [9.17, 15) is 31.1 Å². The average Bonchev–Trinajstić information content (AvgIpc) is 3.29. The predicted octanol–water partition coefficient (Wildman–Crippen LogP) is 4.66. The van der Waals surface area contributed by atoms with Crippen LogP contribution in [0.4, 0.5) is 26.3 Å². The maximum Gasteiger partial charge on any atom is 0.416 e. The van der Waals surface area contributed by atoms with Crippen molar-refractivity contribution < 1.29 is 40.6 Å². The van der Waals surface area contributed by atoms with Crippen molar-refractivity contribution in [2.45, 2.75) is 45.5 Å². The molecule has 3 rings (SSSR count). The molecule has 1 N–H and O–H groups in total. The van der Waals surface area contributed by atoms with Gasteiger partial charge in [0.1, 0.15) is 0 Å². The first-order valence-electron chi connectivity index (χ1n) is 10.9. The Morgan fingerprint density at radius 2 is 1.51 bits per heavy atom. The fourth-order valence-electron chi connectivity index (χ4n) is 3.20. The van der Waals surface area contributed by atoms with E-state index in [4.69, 9.17) is 9.47 Å². The Balaban J connectivity index is 2.00. The molecule has 0 aliphatic heterocycles. The van der Waals surface area contributed by atoms with Gasteiger partial charge in [0.05, 0.1) is 17.2 Å². The number of halogens is 6. The Morgan fingerprint density at radius 3 is 2.00 bits per heavy atom. The largest absolute Gasteiger partial charge is 0.416 e. The molecular weight excluding hydrogens is 510 g/mol. The summed E-state index contributed by atoms with van der Waals surface area (Å²) in [5.41, 5.74) is -4.06. The lowest BCUT2D eigenvalue weighted by molar-refractivity contribution is -0.145. The third-order valence-electron chi connectivity index (χ3n) is 4.82. The van der Waals surface area contributed by atoms with Gasteiger partial charge in [-0.1, -0.05) is 0 Å². The molecule has 0 fully saturated rings. The van der Waals surface area contributed by atoms with Crippen molar-refractivity contribution in [3.63, 3.8) is 0 Å². The van der Waals surface area contributed by atoms with Gasteiger partial charge in [0, 0.05) is 31.2 Å². The van der Waals surface area contributed by atoms with Gasteiger partial charge in [0.15, 0.2) is 5.82 Å². The number of carbonyl (C=O) groups excluding carboxylic acids is 1. The van der Waals surface area contributed by atoms with Crippen LogP contribution >= 0.6 is 0 Å². The number of hydrogen-bond donors (Lipinski definition) is 1. The number of nitrogens with one attached hydrogen (secondary N) is 1. The number of aromatic nitrogens is 5. The first kappa shape index (κ1) is 28.0. The lowest BCUT2D eigenvalue weighted by atomic mass is 10.0. The van der Waals surface area contributed by atoms with Crippen molar-refractivity contribution >= 4 is 5.91 Å². The smallest absolute Gasteiger partial charge is 0.346 e. The molecule has 2 heterocycles. The standard InChI is InChI=1S/C22H22F6N6O3/c1-4-36-19(37-5-2)16-32-17(34(33-16)20-29-7-6-8-30-20)12(3)31-18(35)13-9-14(21(23,24)25)11-15(10-13)22(26,27)28/h6-12,19H,4-5H2,1-3H3,(H,31,35). The van der Waals surface area contributed by atoms with Crippen LogP contribution in [0, 0.1) is 0 Å². The van der Waals surface area contributed by atoms with Crippen molar-refractivity contribution in [2.24, 2.45) is 0 Å². The lowest BCUT2D eigenvalue weighted by Crippen LogP contribution is -2.29. The molecule has 1 atom stereocenters. The number of benzene rings is 1. The van der Waals surface area contributed by atoms with E-state index in [1.807, 2.05) is 0 Å². The van der Waals surface area contributed by atoms with Crippen LogP contribution in [0.15, 0.2) is 36.7 Å². The molecule has 3 aromatic rings. The van der Waals surface area contributed by atoms with Crippen LogP contribution in [0.3, 0.4) is 0 Å². The summed E-state index contributed by atoms with van der Waals surface area (Å²) >= 11 is 0. The Bertz CT molecular complexity index is 1180. The Hall–Kier alpha value is -3.59. The van der Waals surface area contributed by atoms with Crippen LogP contribution in [-0.2, 0) is 21.8 Å². The predicted molar refractivity (Wildman–Crippen MR) is 115 cm³/mol. The van der Waals surface area contributed by atoms with E-state index in [1.165, 1.54) is 24.0 Å². The Morgan fingerprint density at radius 1 is 0.973 bits per heavy atom. The molecule has 0 bridgehead atoms. The summed E-state index contributed by atoms with van der Waals surface area (Å²) in [7, 11) is 0. The van der Waals surface area contributed by atoms with Gasteiger partial charge >= 0.3 is 12.4 Å². The summed E-state index contributed by atoms with van der Waals surface area (Å²) in [5.74, 6) is -1.07. The zero-order chi connectivity index (χ0) is 27.4. The van der Waals surface area contributed by atoms with Gasteiger partial charge in [0.2, 0.25) is 12.1 Å². The fraction of sp³-hybridized carbons (Fsp3) is 0.409. The molecule has 200 valence electrons. The number of rotatable bonds is 9. The van der Waals surface area contributed by atoms with Gasteiger partial charge in [-0.05, 0) is 45.0 Å². The molecule has 15 heteroatoms. The Kier molecular flexibility index (Phi) is 8.48. The Labute approximate surface area is 206 Å². The molecule has 2 aromatic heterocycles. The second kappa shape index (κ2) is 11.2. The SMILES string of the molecule is CCOC(OCC)c1nc(C(C)NC(=O)c2cc(C(F)(F)F)cc(C(F)(F)F)c2)n(-c2ncccn2)n1. The highest BCUT2D eigenvalue weighted by molar-refractivity contribution is 5.94. The van der Waals surface area contributed by atoms with Crippen LogP contribution in [0.1, 0.15) is 66.2 Å². The molecule has 37 heavy (non-hydrogen) atoms. The average molecular weight is 532 g/mol. The topological polar surface area (TPSA) is 104 Å². The second-order valence-electron chi connectivity index (χ2n) is 7.52. The monoisotopic (exact) mass is 532 g/mol. The van der Waals surface area contributed by atoms with E-state index in [1.54, 1.807) is 19.9 Å².